The maximum absolute atomic E-state index is 5.85. The van der Waals surface area contributed by atoms with Gasteiger partial charge in [0.25, 0.3) is 0 Å². The van der Waals surface area contributed by atoms with Gasteiger partial charge in [0.1, 0.15) is 5.76 Å². The first-order valence-electron chi connectivity index (χ1n) is 12.7. The van der Waals surface area contributed by atoms with Crippen molar-refractivity contribution in [3.8, 4) is 5.69 Å². The number of pyridine rings is 1. The van der Waals surface area contributed by atoms with E-state index >= 15 is 0 Å². The lowest BCUT2D eigenvalue weighted by atomic mass is 9.96. The van der Waals surface area contributed by atoms with Crippen molar-refractivity contribution in [2.24, 2.45) is 0 Å². The minimum atomic E-state index is -0.0682. The van der Waals surface area contributed by atoms with E-state index in [0.717, 1.165) is 43.4 Å². The summed E-state index contributed by atoms with van der Waals surface area (Å²) in [6.45, 7) is 8.37. The van der Waals surface area contributed by atoms with Gasteiger partial charge in [-0.05, 0) is 86.2 Å². The molecule has 1 aromatic carbocycles. The second-order valence-electron chi connectivity index (χ2n) is 9.61. The van der Waals surface area contributed by atoms with Crippen LogP contribution in [-0.4, -0.2) is 45.9 Å². The molecule has 2 aliphatic heterocycles. The minimum absolute atomic E-state index is 0.0277. The summed E-state index contributed by atoms with van der Waals surface area (Å²) in [6.07, 6.45) is 3.55. The fourth-order valence-electron chi connectivity index (χ4n) is 5.60. The number of thiocarbonyl (C=S) groups is 1. The monoisotopic (exact) mass is 513 g/mol. The molecule has 5 heterocycles. The zero-order chi connectivity index (χ0) is 25.4. The van der Waals surface area contributed by atoms with Crippen LogP contribution in [0.4, 0.5) is 5.69 Å². The van der Waals surface area contributed by atoms with E-state index in [1.165, 1.54) is 22.6 Å². The zero-order valence-electron chi connectivity index (χ0n) is 21.1. The van der Waals surface area contributed by atoms with Crippen molar-refractivity contribution in [3.05, 3.63) is 102 Å². The first-order chi connectivity index (χ1) is 18.1. The summed E-state index contributed by atoms with van der Waals surface area (Å²) in [5.74, 6) is 0.878. The van der Waals surface area contributed by atoms with Crippen LogP contribution < -0.4 is 10.2 Å². The highest BCUT2D eigenvalue weighted by molar-refractivity contribution is 7.80. The molecule has 8 heteroatoms. The van der Waals surface area contributed by atoms with E-state index in [1.54, 1.807) is 6.26 Å². The first kappa shape index (κ1) is 23.8. The molecular weight excluding hydrogens is 482 g/mol. The molecule has 0 saturated carbocycles. The third-order valence-electron chi connectivity index (χ3n) is 7.38. The van der Waals surface area contributed by atoms with Gasteiger partial charge in [0, 0.05) is 42.0 Å². The molecule has 2 aliphatic rings. The zero-order valence-corrected chi connectivity index (χ0v) is 21.9. The van der Waals surface area contributed by atoms with E-state index in [4.69, 9.17) is 21.4 Å². The Morgan fingerprint density at radius 2 is 1.78 bits per heavy atom. The summed E-state index contributed by atoms with van der Waals surface area (Å²) in [5.41, 5.74) is 6.96. The van der Waals surface area contributed by atoms with Crippen molar-refractivity contribution in [1.82, 2.24) is 19.8 Å². The Balaban J connectivity index is 1.37. The van der Waals surface area contributed by atoms with E-state index in [0.29, 0.717) is 11.7 Å². The van der Waals surface area contributed by atoms with Crippen molar-refractivity contribution in [1.29, 1.82) is 0 Å². The predicted octanol–water partition coefficient (Wildman–Crippen LogP) is 5.09. The molecule has 2 saturated heterocycles. The van der Waals surface area contributed by atoms with Crippen molar-refractivity contribution < 1.29 is 9.15 Å². The number of nitrogens with one attached hydrogen (secondary N) is 1. The average molecular weight is 514 g/mol. The molecule has 0 radical (unpaired) electrons. The lowest BCUT2D eigenvalue weighted by Crippen LogP contribution is -2.36. The van der Waals surface area contributed by atoms with E-state index in [-0.39, 0.29) is 12.1 Å². The molecule has 2 fully saturated rings. The molecule has 4 aromatic rings. The number of benzene rings is 1. The minimum Gasteiger partial charge on any atom is -0.467 e. The summed E-state index contributed by atoms with van der Waals surface area (Å²) in [6, 6.07) is 21.0. The van der Waals surface area contributed by atoms with Gasteiger partial charge in [0.15, 0.2) is 5.11 Å². The number of rotatable bonds is 6. The SMILES string of the molecule is Cc1cc([C@@H]2[C@H](c3ccccn3)NC(=S)N2Cc2ccco2)c(C)n1-c1ccc(N2CCOCC2)cc1. The molecule has 3 aromatic heterocycles. The first-order valence-corrected chi connectivity index (χ1v) is 13.1. The second-order valence-corrected chi connectivity index (χ2v) is 10.00. The molecule has 0 amide bonds. The Hall–Kier alpha value is -3.62. The summed E-state index contributed by atoms with van der Waals surface area (Å²) >= 11 is 5.85. The molecule has 37 heavy (non-hydrogen) atoms. The second kappa shape index (κ2) is 10.0. The Morgan fingerprint density at radius 1 is 1.00 bits per heavy atom. The largest absolute Gasteiger partial charge is 0.467 e. The van der Waals surface area contributed by atoms with Crippen molar-refractivity contribution in [3.63, 3.8) is 0 Å². The van der Waals surface area contributed by atoms with Gasteiger partial charge in [0.05, 0.1) is 43.8 Å². The lowest BCUT2D eigenvalue weighted by molar-refractivity contribution is 0.122. The Bertz CT molecular complexity index is 1360. The number of furan rings is 1. The van der Waals surface area contributed by atoms with Gasteiger partial charge in [-0.25, -0.2) is 0 Å². The van der Waals surface area contributed by atoms with Crippen LogP contribution in [0.5, 0.6) is 0 Å². The molecule has 6 rings (SSSR count). The summed E-state index contributed by atoms with van der Waals surface area (Å²) in [7, 11) is 0. The van der Waals surface area contributed by atoms with Crippen molar-refractivity contribution in [2.75, 3.05) is 31.2 Å². The maximum atomic E-state index is 5.85. The van der Waals surface area contributed by atoms with Crippen LogP contribution in [0.2, 0.25) is 0 Å². The van der Waals surface area contributed by atoms with Gasteiger partial charge in [-0.15, -0.1) is 0 Å². The summed E-state index contributed by atoms with van der Waals surface area (Å²) < 4.78 is 13.5. The lowest BCUT2D eigenvalue weighted by Gasteiger charge is -2.29. The Kier molecular flexibility index (Phi) is 6.44. The summed E-state index contributed by atoms with van der Waals surface area (Å²) in [4.78, 5) is 9.28. The van der Waals surface area contributed by atoms with Crippen LogP contribution in [0.3, 0.4) is 0 Å². The van der Waals surface area contributed by atoms with Crippen LogP contribution in [0.1, 0.15) is 40.5 Å². The normalized spacial score (nSPS) is 19.9. The predicted molar refractivity (Wildman–Crippen MR) is 148 cm³/mol. The maximum Gasteiger partial charge on any atom is 0.170 e. The fourth-order valence-corrected chi connectivity index (χ4v) is 5.91. The topological polar surface area (TPSA) is 58.7 Å². The van der Waals surface area contributed by atoms with Crippen LogP contribution >= 0.6 is 12.2 Å². The van der Waals surface area contributed by atoms with Crippen LogP contribution in [0, 0.1) is 13.8 Å². The van der Waals surface area contributed by atoms with Gasteiger partial charge in [0.2, 0.25) is 0 Å². The van der Waals surface area contributed by atoms with Gasteiger partial charge in [-0.2, -0.15) is 0 Å². The average Bonchev–Trinajstić information content (AvgIpc) is 3.64. The Labute approximate surface area is 222 Å². The quantitative estimate of drug-likeness (QED) is 0.360. The molecule has 0 unspecified atom stereocenters. The highest BCUT2D eigenvalue weighted by Gasteiger charge is 2.41. The number of anilines is 1. The number of hydrogen-bond donors (Lipinski definition) is 1. The highest BCUT2D eigenvalue weighted by atomic mass is 32.1. The Morgan fingerprint density at radius 3 is 2.49 bits per heavy atom. The summed E-state index contributed by atoms with van der Waals surface area (Å²) in [5, 5.41) is 4.25. The van der Waals surface area contributed by atoms with Crippen LogP contribution in [0.15, 0.2) is 77.5 Å². The number of aromatic nitrogens is 2. The smallest absolute Gasteiger partial charge is 0.170 e. The van der Waals surface area contributed by atoms with E-state index < -0.39 is 0 Å². The third kappa shape index (κ3) is 4.51. The number of ether oxygens (including phenoxy) is 1. The van der Waals surface area contributed by atoms with Gasteiger partial charge < -0.3 is 28.8 Å². The highest BCUT2D eigenvalue weighted by Crippen LogP contribution is 2.42. The molecule has 0 aliphatic carbocycles. The fraction of sp³-hybridized carbons (Fsp3) is 0.310. The van der Waals surface area contributed by atoms with E-state index in [1.807, 2.05) is 30.5 Å². The molecule has 0 spiro atoms. The standard InChI is InChI=1S/C29H31N5O2S/c1-20-18-25(21(2)34(20)23-10-8-22(9-11-23)32-13-16-35-17-14-32)28-27(26-7-3-4-12-30-26)31-29(37)33(28)19-24-6-5-15-36-24/h3-12,15,18,27-28H,13-14,16-17,19H2,1-2H3,(H,31,37)/t27-,28+/m0/s1. The third-order valence-corrected chi connectivity index (χ3v) is 7.73. The molecule has 190 valence electrons. The van der Waals surface area contributed by atoms with Gasteiger partial charge in [-0.1, -0.05) is 6.07 Å². The number of hydrogen-bond acceptors (Lipinski definition) is 5. The van der Waals surface area contributed by atoms with Gasteiger partial charge in [-0.3, -0.25) is 4.98 Å². The molecule has 7 nitrogen and oxygen atoms in total. The molecular formula is C29H31N5O2S. The van der Waals surface area contributed by atoms with Crippen LogP contribution in [-0.2, 0) is 11.3 Å². The molecule has 2 atom stereocenters. The number of aryl methyl sites for hydroxylation is 1. The van der Waals surface area contributed by atoms with E-state index in [9.17, 15) is 0 Å². The molecule has 0 bridgehead atoms. The number of nitrogens with zero attached hydrogens (tertiary/aromatic N) is 4. The number of morpholine rings is 1. The molecule has 1 N–H and O–H groups in total. The van der Waals surface area contributed by atoms with Gasteiger partial charge >= 0.3 is 0 Å². The van der Waals surface area contributed by atoms with Crippen molar-refractivity contribution in [2.45, 2.75) is 32.5 Å². The van der Waals surface area contributed by atoms with Crippen molar-refractivity contribution >= 4 is 23.0 Å². The van der Waals surface area contributed by atoms with Crippen LogP contribution in [0.25, 0.3) is 5.69 Å². The van der Waals surface area contributed by atoms with E-state index in [2.05, 4.69) is 74.9 Å².